The first kappa shape index (κ1) is 24.4. The van der Waals surface area contributed by atoms with E-state index < -0.39 is 47.0 Å². The average molecular weight is 452 g/mol. The van der Waals surface area contributed by atoms with Crippen LogP contribution in [0.15, 0.2) is 42.5 Å². The molecule has 0 bridgehead atoms. The van der Waals surface area contributed by atoms with Gasteiger partial charge in [0.25, 0.3) is 0 Å². The number of halogens is 7. The number of alkyl halides is 6. The zero-order valence-corrected chi connectivity index (χ0v) is 16.0. The SMILES string of the molecule is NC(Cc1cccc(F)c1)C(=O)NCCCOc1cc(C(F)(F)F)cc(C(F)(F)F)c1. The van der Waals surface area contributed by atoms with E-state index >= 15 is 0 Å². The molecule has 0 saturated heterocycles. The first-order chi connectivity index (χ1) is 14.4. The van der Waals surface area contributed by atoms with Crippen LogP contribution in [0.4, 0.5) is 30.7 Å². The van der Waals surface area contributed by atoms with Gasteiger partial charge in [-0.15, -0.1) is 0 Å². The normalized spacial score (nSPS) is 13.0. The summed E-state index contributed by atoms with van der Waals surface area (Å²) in [7, 11) is 0. The van der Waals surface area contributed by atoms with E-state index in [4.69, 9.17) is 10.5 Å². The molecule has 3 N–H and O–H groups in total. The monoisotopic (exact) mass is 452 g/mol. The van der Waals surface area contributed by atoms with Gasteiger partial charge in [0.2, 0.25) is 5.91 Å². The highest BCUT2D eigenvalue weighted by atomic mass is 19.4. The van der Waals surface area contributed by atoms with Crippen molar-refractivity contribution < 1.29 is 40.3 Å². The maximum atomic E-state index is 13.1. The van der Waals surface area contributed by atoms with E-state index in [9.17, 15) is 35.5 Å². The average Bonchev–Trinajstić information content (AvgIpc) is 2.66. The molecule has 0 fully saturated rings. The summed E-state index contributed by atoms with van der Waals surface area (Å²) >= 11 is 0. The van der Waals surface area contributed by atoms with Crippen molar-refractivity contribution in [3.05, 3.63) is 65.0 Å². The smallest absolute Gasteiger partial charge is 0.416 e. The van der Waals surface area contributed by atoms with Crippen LogP contribution in [0.5, 0.6) is 5.75 Å². The van der Waals surface area contributed by atoms with Gasteiger partial charge in [-0.25, -0.2) is 4.39 Å². The molecule has 4 nitrogen and oxygen atoms in total. The minimum Gasteiger partial charge on any atom is -0.493 e. The minimum atomic E-state index is -4.97. The molecule has 31 heavy (non-hydrogen) atoms. The van der Waals surface area contributed by atoms with Crippen molar-refractivity contribution in [2.45, 2.75) is 31.2 Å². The van der Waals surface area contributed by atoms with Gasteiger partial charge < -0.3 is 15.8 Å². The first-order valence-electron chi connectivity index (χ1n) is 9.06. The molecular formula is C20H19F7N2O2. The van der Waals surface area contributed by atoms with Gasteiger partial charge in [-0.3, -0.25) is 4.79 Å². The van der Waals surface area contributed by atoms with Crippen molar-refractivity contribution in [2.24, 2.45) is 5.73 Å². The molecule has 11 heteroatoms. The topological polar surface area (TPSA) is 64.4 Å². The Balaban J connectivity index is 1.84. The predicted octanol–water partition coefficient (Wildman–Crippen LogP) is 4.32. The van der Waals surface area contributed by atoms with Crippen LogP contribution in [-0.2, 0) is 23.6 Å². The number of ether oxygens (including phenoxy) is 1. The fraction of sp³-hybridized carbons (Fsp3) is 0.350. The zero-order valence-electron chi connectivity index (χ0n) is 16.0. The van der Waals surface area contributed by atoms with E-state index in [1.54, 1.807) is 6.07 Å². The Morgan fingerprint density at radius 1 is 1.00 bits per heavy atom. The third-order valence-corrected chi connectivity index (χ3v) is 4.13. The third-order valence-electron chi connectivity index (χ3n) is 4.13. The van der Waals surface area contributed by atoms with Gasteiger partial charge in [-0.2, -0.15) is 26.3 Å². The number of hydrogen-bond donors (Lipinski definition) is 2. The van der Waals surface area contributed by atoms with E-state index in [0.29, 0.717) is 17.7 Å². The molecule has 2 rings (SSSR count). The molecule has 170 valence electrons. The zero-order chi connectivity index (χ0) is 23.2. The van der Waals surface area contributed by atoms with Gasteiger partial charge in [0.05, 0.1) is 23.8 Å². The number of benzene rings is 2. The quantitative estimate of drug-likeness (QED) is 0.463. The van der Waals surface area contributed by atoms with E-state index in [1.807, 2.05) is 0 Å². The first-order valence-corrected chi connectivity index (χ1v) is 9.06. The van der Waals surface area contributed by atoms with Crippen LogP contribution in [0.25, 0.3) is 0 Å². The molecule has 2 aromatic rings. The molecule has 0 radical (unpaired) electrons. The van der Waals surface area contributed by atoms with Crippen LogP contribution in [0.2, 0.25) is 0 Å². The Kier molecular flexibility index (Phi) is 7.88. The van der Waals surface area contributed by atoms with E-state index in [-0.39, 0.29) is 32.1 Å². The van der Waals surface area contributed by atoms with Gasteiger partial charge in [-0.1, -0.05) is 12.1 Å². The van der Waals surface area contributed by atoms with Crippen LogP contribution >= 0.6 is 0 Å². The van der Waals surface area contributed by atoms with Crippen molar-refractivity contribution in [3.8, 4) is 5.75 Å². The van der Waals surface area contributed by atoms with Gasteiger partial charge in [0.15, 0.2) is 0 Å². The van der Waals surface area contributed by atoms with Crippen molar-refractivity contribution >= 4 is 5.91 Å². The number of carbonyl (C=O) groups excluding carboxylic acids is 1. The van der Waals surface area contributed by atoms with E-state index in [0.717, 1.165) is 0 Å². The Morgan fingerprint density at radius 2 is 1.61 bits per heavy atom. The predicted molar refractivity (Wildman–Crippen MR) is 97.6 cm³/mol. The van der Waals surface area contributed by atoms with Gasteiger partial charge in [0, 0.05) is 6.54 Å². The summed E-state index contributed by atoms with van der Waals surface area (Å²) in [6.45, 7) is -0.210. The second-order valence-electron chi connectivity index (χ2n) is 6.68. The summed E-state index contributed by atoms with van der Waals surface area (Å²) < 4.78 is 95.1. The Hall–Kier alpha value is -2.82. The summed E-state index contributed by atoms with van der Waals surface area (Å²) in [5.74, 6) is -1.59. The Labute approximate surface area is 173 Å². The highest BCUT2D eigenvalue weighted by Gasteiger charge is 2.37. The standard InChI is InChI=1S/C20H19F7N2O2/c21-15-4-1-3-12(7-15)8-17(28)18(30)29-5-2-6-31-16-10-13(19(22,23)24)9-14(11-16)20(25,26)27/h1,3-4,7,9-11,17H,2,5-6,8,28H2,(H,29,30). The molecule has 2 aromatic carbocycles. The number of nitrogens with two attached hydrogens (primary N) is 1. The maximum absolute atomic E-state index is 13.1. The summed E-state index contributed by atoms with van der Waals surface area (Å²) in [5.41, 5.74) is 3.31. The number of amides is 1. The molecular weight excluding hydrogens is 433 g/mol. The molecule has 1 unspecified atom stereocenters. The van der Waals surface area contributed by atoms with Crippen molar-refractivity contribution in [3.63, 3.8) is 0 Å². The lowest BCUT2D eigenvalue weighted by molar-refractivity contribution is -0.143. The summed E-state index contributed by atoms with van der Waals surface area (Å²) in [6, 6.07) is 5.57. The lowest BCUT2D eigenvalue weighted by Gasteiger charge is -2.15. The van der Waals surface area contributed by atoms with E-state index in [2.05, 4.69) is 5.32 Å². The molecule has 1 amide bonds. The van der Waals surface area contributed by atoms with E-state index in [1.165, 1.54) is 18.2 Å². The number of hydrogen-bond acceptors (Lipinski definition) is 3. The number of carbonyl (C=O) groups is 1. The lowest BCUT2D eigenvalue weighted by Crippen LogP contribution is -2.42. The molecule has 0 heterocycles. The van der Waals surface area contributed by atoms with Crippen LogP contribution in [-0.4, -0.2) is 25.1 Å². The second kappa shape index (κ2) is 9.99. The van der Waals surface area contributed by atoms with Crippen LogP contribution in [0, 0.1) is 5.82 Å². The Bertz CT molecular complexity index is 866. The highest BCUT2D eigenvalue weighted by molar-refractivity contribution is 5.81. The Morgan fingerprint density at radius 3 is 2.16 bits per heavy atom. The van der Waals surface area contributed by atoms with Crippen molar-refractivity contribution in [1.29, 1.82) is 0 Å². The van der Waals surface area contributed by atoms with Gasteiger partial charge >= 0.3 is 12.4 Å². The highest BCUT2D eigenvalue weighted by Crippen LogP contribution is 2.38. The molecule has 0 spiro atoms. The molecule has 0 saturated carbocycles. The largest absolute Gasteiger partial charge is 0.493 e. The summed E-state index contributed by atoms with van der Waals surface area (Å²) in [4.78, 5) is 12.0. The number of nitrogens with one attached hydrogen (secondary N) is 1. The van der Waals surface area contributed by atoms with Crippen LogP contribution in [0.1, 0.15) is 23.1 Å². The minimum absolute atomic E-state index is 0.00702. The summed E-state index contributed by atoms with van der Waals surface area (Å²) in [5, 5.41) is 2.48. The molecule has 0 aliphatic carbocycles. The summed E-state index contributed by atoms with van der Waals surface area (Å²) in [6.07, 6.45) is -9.74. The lowest BCUT2D eigenvalue weighted by atomic mass is 10.1. The number of rotatable bonds is 8. The second-order valence-corrected chi connectivity index (χ2v) is 6.68. The van der Waals surface area contributed by atoms with Crippen molar-refractivity contribution in [1.82, 2.24) is 5.32 Å². The fourth-order valence-electron chi connectivity index (χ4n) is 2.63. The third kappa shape index (κ3) is 7.74. The van der Waals surface area contributed by atoms with Crippen LogP contribution in [0.3, 0.4) is 0 Å². The van der Waals surface area contributed by atoms with Gasteiger partial charge in [-0.05, 0) is 48.7 Å². The maximum Gasteiger partial charge on any atom is 0.416 e. The molecule has 1 atom stereocenters. The molecule has 0 aliphatic rings. The molecule has 0 aromatic heterocycles. The van der Waals surface area contributed by atoms with Crippen LogP contribution < -0.4 is 15.8 Å². The molecule has 0 aliphatic heterocycles. The van der Waals surface area contributed by atoms with Gasteiger partial charge in [0.1, 0.15) is 11.6 Å². The van der Waals surface area contributed by atoms with Crippen molar-refractivity contribution in [2.75, 3.05) is 13.2 Å². The fourth-order valence-corrected chi connectivity index (χ4v) is 2.63.